The van der Waals surface area contributed by atoms with Crippen molar-refractivity contribution in [1.82, 2.24) is 4.98 Å². The standard InChI is InChI=1S/C21H19N3O4.Co/c1-27-16-8-3-6-14(20(16)25)12-22-18-10-5-11-19(24-18)23-13-15-7-4-9-17(28-2)21(15)26;/h3-13,25-26H,1-2H3;. The van der Waals surface area contributed by atoms with Crippen molar-refractivity contribution >= 4 is 24.1 Å². The predicted molar refractivity (Wildman–Crippen MR) is 108 cm³/mol. The predicted octanol–water partition coefficient (Wildman–Crippen LogP) is 4.01. The second kappa shape index (κ2) is 10.3. The molecule has 0 fully saturated rings. The van der Waals surface area contributed by atoms with E-state index in [1.165, 1.54) is 26.6 Å². The maximum Gasteiger partial charge on any atom is 0.166 e. The molecule has 0 amide bonds. The Kier molecular flexibility index (Phi) is 7.75. The number of phenols is 2. The number of methoxy groups -OCH3 is 2. The average Bonchev–Trinajstić information content (AvgIpc) is 2.72. The summed E-state index contributed by atoms with van der Waals surface area (Å²) in [7, 11) is 2.97. The normalized spacial score (nSPS) is 10.8. The number of aromatic nitrogens is 1. The molecule has 0 aliphatic carbocycles. The molecule has 0 saturated heterocycles. The first-order chi connectivity index (χ1) is 13.6. The van der Waals surface area contributed by atoms with Crippen LogP contribution in [0.4, 0.5) is 11.6 Å². The number of hydrogen-bond donors (Lipinski definition) is 2. The van der Waals surface area contributed by atoms with Gasteiger partial charge in [-0.2, -0.15) is 0 Å². The number of aromatic hydroxyl groups is 2. The van der Waals surface area contributed by atoms with Gasteiger partial charge in [0, 0.05) is 40.3 Å². The van der Waals surface area contributed by atoms with Crippen LogP contribution in [0.15, 0.2) is 64.6 Å². The summed E-state index contributed by atoms with van der Waals surface area (Å²) in [6, 6.07) is 15.5. The van der Waals surface area contributed by atoms with Crippen LogP contribution >= 0.6 is 0 Å². The molecule has 1 aromatic heterocycles. The molecule has 1 radical (unpaired) electrons. The van der Waals surface area contributed by atoms with Gasteiger partial charge >= 0.3 is 0 Å². The second-order valence-electron chi connectivity index (χ2n) is 5.67. The summed E-state index contributed by atoms with van der Waals surface area (Å²) in [5.41, 5.74) is 1.02. The van der Waals surface area contributed by atoms with E-state index in [1.54, 1.807) is 54.6 Å². The molecule has 0 atom stereocenters. The van der Waals surface area contributed by atoms with Crippen molar-refractivity contribution in [3.63, 3.8) is 0 Å². The van der Waals surface area contributed by atoms with Crippen LogP contribution in [0.2, 0.25) is 0 Å². The van der Waals surface area contributed by atoms with Crippen LogP contribution in [-0.4, -0.2) is 41.8 Å². The first-order valence-electron chi connectivity index (χ1n) is 8.39. The molecule has 151 valence electrons. The molecule has 0 bridgehead atoms. The minimum absolute atomic E-state index is 0. The summed E-state index contributed by atoms with van der Waals surface area (Å²) in [4.78, 5) is 12.9. The first-order valence-corrected chi connectivity index (χ1v) is 8.39. The quantitative estimate of drug-likeness (QED) is 0.570. The molecule has 0 spiro atoms. The van der Waals surface area contributed by atoms with Crippen molar-refractivity contribution in [3.05, 3.63) is 65.7 Å². The van der Waals surface area contributed by atoms with Crippen LogP contribution < -0.4 is 9.47 Å². The van der Waals surface area contributed by atoms with Crippen LogP contribution in [0, 0.1) is 0 Å². The minimum atomic E-state index is 0. The van der Waals surface area contributed by atoms with Crippen molar-refractivity contribution < 1.29 is 36.5 Å². The summed E-state index contributed by atoms with van der Waals surface area (Å²) >= 11 is 0. The number of nitrogens with zero attached hydrogens (tertiary/aromatic N) is 3. The fourth-order valence-corrected chi connectivity index (χ4v) is 2.44. The molecule has 2 N–H and O–H groups in total. The molecule has 0 aliphatic rings. The SMILES string of the molecule is COc1cccc(C=Nc2cccc(N=Cc3cccc(OC)c3O)n2)c1O.[Co]. The Balaban J connectivity index is 0.00000300. The Morgan fingerprint density at radius 1 is 0.724 bits per heavy atom. The van der Waals surface area contributed by atoms with Crippen LogP contribution in [0.1, 0.15) is 11.1 Å². The van der Waals surface area contributed by atoms with E-state index in [2.05, 4.69) is 15.0 Å². The number of hydrogen-bond acceptors (Lipinski definition) is 7. The number of rotatable bonds is 6. The number of aliphatic imine (C=N–C) groups is 2. The molecule has 0 aliphatic heterocycles. The van der Waals surface area contributed by atoms with E-state index in [4.69, 9.17) is 9.47 Å². The topological polar surface area (TPSA) is 96.5 Å². The van der Waals surface area contributed by atoms with Crippen LogP contribution in [0.5, 0.6) is 23.0 Å². The molecule has 8 heteroatoms. The van der Waals surface area contributed by atoms with Crippen LogP contribution in [-0.2, 0) is 16.8 Å². The summed E-state index contributed by atoms with van der Waals surface area (Å²) < 4.78 is 10.2. The number of para-hydroxylation sites is 2. The third-order valence-corrected chi connectivity index (χ3v) is 3.89. The Hall–Kier alpha value is -3.36. The average molecular weight is 436 g/mol. The molecule has 0 unspecified atom stereocenters. The van der Waals surface area contributed by atoms with Gasteiger partial charge in [-0.1, -0.05) is 18.2 Å². The molecule has 3 rings (SSSR count). The molecule has 1 heterocycles. The minimum Gasteiger partial charge on any atom is -0.504 e. The summed E-state index contributed by atoms with van der Waals surface area (Å²) in [6.45, 7) is 0. The summed E-state index contributed by atoms with van der Waals surface area (Å²) in [5.74, 6) is 1.60. The van der Waals surface area contributed by atoms with Crippen molar-refractivity contribution in [2.45, 2.75) is 0 Å². The number of pyridine rings is 1. The molecule has 2 aromatic carbocycles. The van der Waals surface area contributed by atoms with E-state index in [1.807, 2.05) is 0 Å². The molecule has 7 nitrogen and oxygen atoms in total. The third kappa shape index (κ3) is 5.34. The Bertz CT molecular complexity index is 959. The molecule has 0 saturated carbocycles. The van der Waals surface area contributed by atoms with E-state index in [9.17, 15) is 10.2 Å². The van der Waals surface area contributed by atoms with E-state index < -0.39 is 0 Å². The van der Waals surface area contributed by atoms with Gasteiger partial charge in [-0.05, 0) is 36.4 Å². The Morgan fingerprint density at radius 3 is 1.55 bits per heavy atom. The molecular formula is C21H19CoN3O4. The van der Waals surface area contributed by atoms with Gasteiger partial charge in [0.05, 0.1) is 14.2 Å². The number of ether oxygens (including phenoxy) is 2. The van der Waals surface area contributed by atoms with Gasteiger partial charge in [0.15, 0.2) is 34.6 Å². The summed E-state index contributed by atoms with van der Waals surface area (Å²) in [6.07, 6.45) is 3.00. The van der Waals surface area contributed by atoms with E-state index >= 15 is 0 Å². The number of benzene rings is 2. The largest absolute Gasteiger partial charge is 0.504 e. The van der Waals surface area contributed by atoms with Crippen LogP contribution in [0.3, 0.4) is 0 Å². The van der Waals surface area contributed by atoms with Crippen molar-refractivity contribution in [1.29, 1.82) is 0 Å². The number of phenolic OH excluding ortho intramolecular Hbond substituents is 2. The van der Waals surface area contributed by atoms with Gasteiger partial charge in [0.2, 0.25) is 0 Å². The van der Waals surface area contributed by atoms with Crippen molar-refractivity contribution in [3.8, 4) is 23.0 Å². The Labute approximate surface area is 178 Å². The molecule has 3 aromatic rings. The Morgan fingerprint density at radius 2 is 1.14 bits per heavy atom. The third-order valence-electron chi connectivity index (χ3n) is 3.89. The summed E-state index contributed by atoms with van der Waals surface area (Å²) in [5, 5.41) is 20.2. The van der Waals surface area contributed by atoms with Crippen LogP contribution in [0.25, 0.3) is 0 Å². The fraction of sp³-hybridized carbons (Fsp3) is 0.0952. The smallest absolute Gasteiger partial charge is 0.166 e. The zero-order valence-electron chi connectivity index (χ0n) is 15.7. The van der Waals surface area contributed by atoms with Gasteiger partial charge in [-0.25, -0.2) is 15.0 Å². The molecule has 29 heavy (non-hydrogen) atoms. The maximum absolute atomic E-state index is 10.1. The van der Waals surface area contributed by atoms with E-state index in [0.29, 0.717) is 34.3 Å². The van der Waals surface area contributed by atoms with E-state index in [-0.39, 0.29) is 28.3 Å². The zero-order valence-corrected chi connectivity index (χ0v) is 16.8. The second-order valence-corrected chi connectivity index (χ2v) is 5.67. The molecular weight excluding hydrogens is 417 g/mol. The van der Waals surface area contributed by atoms with Gasteiger partial charge in [-0.15, -0.1) is 0 Å². The zero-order chi connectivity index (χ0) is 19.9. The van der Waals surface area contributed by atoms with Crippen molar-refractivity contribution in [2.24, 2.45) is 9.98 Å². The van der Waals surface area contributed by atoms with Gasteiger partial charge in [0.25, 0.3) is 0 Å². The van der Waals surface area contributed by atoms with Gasteiger partial charge in [0.1, 0.15) is 0 Å². The maximum atomic E-state index is 10.1. The van der Waals surface area contributed by atoms with Gasteiger partial charge in [-0.3, -0.25) is 0 Å². The monoisotopic (exact) mass is 436 g/mol. The van der Waals surface area contributed by atoms with E-state index in [0.717, 1.165) is 0 Å². The van der Waals surface area contributed by atoms with Gasteiger partial charge < -0.3 is 19.7 Å². The first kappa shape index (κ1) is 21.9. The fourth-order valence-electron chi connectivity index (χ4n) is 2.44. The van der Waals surface area contributed by atoms with Crippen molar-refractivity contribution in [2.75, 3.05) is 14.2 Å².